The van der Waals surface area contributed by atoms with Crippen molar-refractivity contribution < 1.29 is 4.92 Å². The number of rotatable bonds is 2. The Kier molecular flexibility index (Phi) is 3.74. The fourth-order valence-electron chi connectivity index (χ4n) is 3.68. The van der Waals surface area contributed by atoms with Crippen molar-refractivity contribution in [2.24, 2.45) is 0 Å². The second kappa shape index (κ2) is 6.15. The minimum Gasteiger partial charge on any atom is -0.258 e. The summed E-state index contributed by atoms with van der Waals surface area (Å²) in [7, 11) is 0. The number of nitro benzene ring substituents is 1. The average molecular weight is 434 g/mol. The van der Waals surface area contributed by atoms with Crippen molar-refractivity contribution in [1.29, 1.82) is 0 Å². The Labute approximate surface area is 167 Å². The van der Waals surface area contributed by atoms with Crippen molar-refractivity contribution in [3.8, 4) is 11.1 Å². The van der Waals surface area contributed by atoms with Crippen LogP contribution in [0.1, 0.15) is 0 Å². The quantitative estimate of drug-likeness (QED) is 0.213. The molecule has 0 aliphatic heterocycles. The van der Waals surface area contributed by atoms with Gasteiger partial charge >= 0.3 is 0 Å². The van der Waals surface area contributed by atoms with E-state index >= 15 is 0 Å². The number of thiophene rings is 1. The predicted octanol–water partition coefficient (Wildman–Crippen LogP) is 7.55. The zero-order chi connectivity index (χ0) is 18.5. The molecule has 0 fully saturated rings. The van der Waals surface area contributed by atoms with Gasteiger partial charge in [0.15, 0.2) is 0 Å². The number of nitro groups is 1. The fraction of sp³-hybridized carbons (Fsp3) is 0. The molecule has 0 spiro atoms. The van der Waals surface area contributed by atoms with E-state index in [4.69, 9.17) is 0 Å². The van der Waals surface area contributed by atoms with E-state index < -0.39 is 0 Å². The molecule has 0 saturated carbocycles. The van der Waals surface area contributed by atoms with Crippen LogP contribution in [0.3, 0.4) is 0 Å². The summed E-state index contributed by atoms with van der Waals surface area (Å²) >= 11 is 5.39. The minimum absolute atomic E-state index is 0.131. The van der Waals surface area contributed by atoms with E-state index in [0.29, 0.717) is 5.56 Å². The summed E-state index contributed by atoms with van der Waals surface area (Å²) in [5.74, 6) is 0. The van der Waals surface area contributed by atoms with E-state index in [0.717, 1.165) is 24.8 Å². The third-order valence-corrected chi connectivity index (χ3v) is 7.00. The highest BCUT2D eigenvalue weighted by molar-refractivity contribution is 9.10. The third kappa shape index (κ3) is 2.46. The van der Waals surface area contributed by atoms with Crippen molar-refractivity contribution in [3.63, 3.8) is 0 Å². The Hall–Kier alpha value is -2.76. The molecule has 1 aromatic heterocycles. The molecule has 0 atom stereocenters. The van der Waals surface area contributed by atoms with Gasteiger partial charge in [0, 0.05) is 31.6 Å². The van der Waals surface area contributed by atoms with Gasteiger partial charge in [0.25, 0.3) is 5.69 Å². The SMILES string of the molecule is O=[N+]([O-])c1ccccc1-c1cccc2c1sc1c(Br)cc3ccccc3c12. The maximum absolute atomic E-state index is 11.5. The first-order valence-electron chi connectivity index (χ1n) is 8.41. The van der Waals surface area contributed by atoms with Crippen molar-refractivity contribution in [2.45, 2.75) is 0 Å². The van der Waals surface area contributed by atoms with E-state index in [1.54, 1.807) is 23.5 Å². The molecule has 0 radical (unpaired) electrons. The normalized spacial score (nSPS) is 11.4. The van der Waals surface area contributed by atoms with Gasteiger partial charge in [0.05, 0.1) is 15.2 Å². The molecule has 0 N–H and O–H groups in total. The number of benzene rings is 4. The molecular formula is C22H12BrNO2S. The molecule has 0 unspecified atom stereocenters. The first-order valence-corrected chi connectivity index (χ1v) is 10.0. The van der Waals surface area contributed by atoms with Gasteiger partial charge < -0.3 is 0 Å². The van der Waals surface area contributed by atoms with Gasteiger partial charge in [0.1, 0.15) is 0 Å². The zero-order valence-electron chi connectivity index (χ0n) is 14.0. The molecular weight excluding hydrogens is 422 g/mol. The number of fused-ring (bicyclic) bond motifs is 5. The molecule has 0 aliphatic carbocycles. The van der Waals surface area contributed by atoms with Gasteiger partial charge in [0.2, 0.25) is 0 Å². The third-order valence-electron chi connectivity index (χ3n) is 4.84. The van der Waals surface area contributed by atoms with Crippen LogP contribution in [0.2, 0.25) is 0 Å². The Morgan fingerprint density at radius 1 is 0.815 bits per heavy atom. The van der Waals surface area contributed by atoms with Crippen molar-refractivity contribution in [2.75, 3.05) is 0 Å². The van der Waals surface area contributed by atoms with Gasteiger partial charge in [-0.1, -0.05) is 54.6 Å². The van der Waals surface area contributed by atoms with Crippen LogP contribution in [0.4, 0.5) is 5.69 Å². The number of hydrogen-bond acceptors (Lipinski definition) is 3. The molecule has 5 aromatic rings. The Morgan fingerprint density at radius 2 is 1.52 bits per heavy atom. The summed E-state index contributed by atoms with van der Waals surface area (Å²) < 4.78 is 3.28. The standard InChI is InChI=1S/C22H12BrNO2S/c23-18-12-13-6-1-2-7-14(13)20-17-10-5-9-16(21(17)27-22(18)20)15-8-3-4-11-19(15)24(25)26/h1-12H. The highest BCUT2D eigenvalue weighted by Gasteiger charge is 2.19. The van der Waals surface area contributed by atoms with Crippen molar-refractivity contribution in [3.05, 3.63) is 87.4 Å². The van der Waals surface area contributed by atoms with Crippen LogP contribution in [0, 0.1) is 10.1 Å². The number of hydrogen-bond donors (Lipinski definition) is 0. The molecule has 5 rings (SSSR count). The molecule has 0 bridgehead atoms. The number of para-hydroxylation sites is 1. The summed E-state index contributed by atoms with van der Waals surface area (Å²) in [4.78, 5) is 11.2. The Bertz CT molecular complexity index is 1370. The smallest absolute Gasteiger partial charge is 0.258 e. The largest absolute Gasteiger partial charge is 0.277 e. The van der Waals surface area contributed by atoms with Crippen LogP contribution in [-0.2, 0) is 0 Å². The van der Waals surface area contributed by atoms with Crippen LogP contribution < -0.4 is 0 Å². The number of halogens is 1. The average Bonchev–Trinajstić information content (AvgIpc) is 3.09. The first kappa shape index (κ1) is 16.4. The molecule has 0 saturated heterocycles. The molecule has 4 aromatic carbocycles. The monoisotopic (exact) mass is 433 g/mol. The lowest BCUT2D eigenvalue weighted by atomic mass is 9.99. The molecule has 130 valence electrons. The lowest BCUT2D eigenvalue weighted by Crippen LogP contribution is -1.91. The molecule has 0 amide bonds. The molecule has 3 nitrogen and oxygen atoms in total. The number of nitrogens with zero attached hydrogens (tertiary/aromatic N) is 1. The van der Waals surface area contributed by atoms with Gasteiger partial charge in [-0.2, -0.15) is 0 Å². The highest BCUT2D eigenvalue weighted by atomic mass is 79.9. The van der Waals surface area contributed by atoms with Gasteiger partial charge in [-0.3, -0.25) is 10.1 Å². The van der Waals surface area contributed by atoms with Crippen LogP contribution >= 0.6 is 27.3 Å². The maximum atomic E-state index is 11.5. The van der Waals surface area contributed by atoms with E-state index in [9.17, 15) is 10.1 Å². The van der Waals surface area contributed by atoms with Crippen molar-refractivity contribution in [1.82, 2.24) is 0 Å². The fourth-order valence-corrected chi connectivity index (χ4v) is 5.62. The summed E-state index contributed by atoms with van der Waals surface area (Å²) in [5.41, 5.74) is 1.68. The summed E-state index contributed by atoms with van der Waals surface area (Å²) in [5, 5.41) is 16.2. The van der Waals surface area contributed by atoms with E-state index in [2.05, 4.69) is 40.2 Å². The van der Waals surface area contributed by atoms with Crippen LogP contribution in [0.15, 0.2) is 77.3 Å². The Balaban J connectivity index is 1.96. The van der Waals surface area contributed by atoms with Gasteiger partial charge in [-0.05, 0) is 38.8 Å². The molecule has 1 heterocycles. The van der Waals surface area contributed by atoms with Gasteiger partial charge in [-0.25, -0.2) is 0 Å². The maximum Gasteiger partial charge on any atom is 0.277 e. The minimum atomic E-state index is -0.313. The molecule has 0 aliphatic rings. The second-order valence-electron chi connectivity index (χ2n) is 6.34. The lowest BCUT2D eigenvalue weighted by molar-refractivity contribution is -0.384. The molecule has 5 heteroatoms. The topological polar surface area (TPSA) is 43.1 Å². The predicted molar refractivity (Wildman–Crippen MR) is 117 cm³/mol. The van der Waals surface area contributed by atoms with E-state index in [-0.39, 0.29) is 10.6 Å². The van der Waals surface area contributed by atoms with Crippen LogP contribution in [0.5, 0.6) is 0 Å². The van der Waals surface area contributed by atoms with Crippen LogP contribution in [-0.4, -0.2) is 4.92 Å². The summed E-state index contributed by atoms with van der Waals surface area (Å²) in [6.45, 7) is 0. The molecule has 27 heavy (non-hydrogen) atoms. The van der Waals surface area contributed by atoms with E-state index in [1.807, 2.05) is 36.4 Å². The highest BCUT2D eigenvalue weighted by Crippen LogP contribution is 2.46. The lowest BCUT2D eigenvalue weighted by Gasteiger charge is -2.05. The van der Waals surface area contributed by atoms with Gasteiger partial charge in [-0.15, -0.1) is 11.3 Å². The van der Waals surface area contributed by atoms with Crippen LogP contribution in [0.25, 0.3) is 42.1 Å². The van der Waals surface area contributed by atoms with Crippen molar-refractivity contribution >= 4 is 63.9 Å². The summed E-state index contributed by atoms with van der Waals surface area (Å²) in [6.07, 6.45) is 0. The second-order valence-corrected chi connectivity index (χ2v) is 8.22. The summed E-state index contributed by atoms with van der Waals surface area (Å²) in [6, 6.07) is 23.4. The Morgan fingerprint density at radius 3 is 2.37 bits per heavy atom. The zero-order valence-corrected chi connectivity index (χ0v) is 16.4. The van der Waals surface area contributed by atoms with E-state index in [1.165, 1.54) is 16.2 Å². The first-order chi connectivity index (χ1) is 13.1.